The van der Waals surface area contributed by atoms with E-state index in [2.05, 4.69) is 20.4 Å². The van der Waals surface area contributed by atoms with Crippen molar-refractivity contribution in [2.24, 2.45) is 5.92 Å². The fourth-order valence-corrected chi connectivity index (χ4v) is 3.29. The maximum Gasteiger partial charge on any atom is 0.416 e. The number of hydrogen-bond donors (Lipinski definition) is 1. The number of benzene rings is 1. The van der Waals surface area contributed by atoms with Gasteiger partial charge in [-0.2, -0.15) is 28.2 Å². The first-order valence-electron chi connectivity index (χ1n) is 10.0. The van der Waals surface area contributed by atoms with Gasteiger partial charge in [-0.15, -0.1) is 0 Å². The quantitative estimate of drug-likeness (QED) is 0.569. The molecule has 11 heteroatoms. The molecule has 1 aliphatic carbocycles. The number of carbonyl (C=O) groups excluding carboxylic acids is 2. The lowest BCUT2D eigenvalue weighted by Crippen LogP contribution is -2.29. The molecule has 1 aliphatic rings. The molecule has 1 saturated carbocycles. The SMILES string of the molecule is CC(NC(=O)c1cc(C(=O)C2CC2)cc(C(F)(F)F)c1)c1ncnn1-c1ccc(C#N)cn1. The summed E-state index contributed by atoms with van der Waals surface area (Å²) in [6.07, 6.45) is -0.846. The summed E-state index contributed by atoms with van der Waals surface area (Å²) in [7, 11) is 0. The molecule has 168 valence electrons. The van der Waals surface area contributed by atoms with Crippen molar-refractivity contribution in [3.05, 3.63) is 70.9 Å². The summed E-state index contributed by atoms with van der Waals surface area (Å²) in [5, 5.41) is 15.6. The molecule has 2 heterocycles. The lowest BCUT2D eigenvalue weighted by molar-refractivity contribution is -0.137. The Hall–Kier alpha value is -4.07. The van der Waals surface area contributed by atoms with Crippen LogP contribution in [0.1, 0.15) is 63.5 Å². The van der Waals surface area contributed by atoms with E-state index in [1.807, 2.05) is 6.07 Å². The average Bonchev–Trinajstić information content (AvgIpc) is 3.53. The van der Waals surface area contributed by atoms with Crippen molar-refractivity contribution in [2.45, 2.75) is 32.0 Å². The molecule has 1 atom stereocenters. The van der Waals surface area contributed by atoms with Gasteiger partial charge in [-0.25, -0.2) is 9.97 Å². The van der Waals surface area contributed by atoms with E-state index >= 15 is 0 Å². The van der Waals surface area contributed by atoms with Gasteiger partial charge in [-0.05, 0) is 50.1 Å². The molecule has 0 aliphatic heterocycles. The van der Waals surface area contributed by atoms with E-state index in [1.165, 1.54) is 29.3 Å². The second kappa shape index (κ2) is 8.46. The Labute approximate surface area is 186 Å². The third-order valence-corrected chi connectivity index (χ3v) is 5.16. The molecule has 4 rings (SSSR count). The van der Waals surface area contributed by atoms with Crippen LogP contribution in [0.3, 0.4) is 0 Å². The number of ketones is 1. The van der Waals surface area contributed by atoms with Crippen LogP contribution in [0.15, 0.2) is 42.9 Å². The predicted molar refractivity (Wildman–Crippen MR) is 108 cm³/mol. The molecule has 1 amide bonds. The Bertz CT molecular complexity index is 1260. The molecule has 1 fully saturated rings. The van der Waals surface area contributed by atoms with Crippen molar-refractivity contribution in [3.63, 3.8) is 0 Å². The first-order chi connectivity index (χ1) is 15.7. The normalized spacial score (nSPS) is 14.4. The Morgan fingerprint density at radius 1 is 1.18 bits per heavy atom. The number of aromatic nitrogens is 4. The maximum atomic E-state index is 13.4. The third kappa shape index (κ3) is 4.74. The lowest BCUT2D eigenvalue weighted by atomic mass is 9.99. The first-order valence-corrected chi connectivity index (χ1v) is 10.0. The van der Waals surface area contributed by atoms with E-state index in [1.54, 1.807) is 13.0 Å². The summed E-state index contributed by atoms with van der Waals surface area (Å²) in [5.41, 5.74) is -1.11. The van der Waals surface area contributed by atoms with Crippen LogP contribution in [0, 0.1) is 17.2 Å². The fraction of sp³-hybridized carbons (Fsp3) is 0.273. The third-order valence-electron chi connectivity index (χ3n) is 5.16. The van der Waals surface area contributed by atoms with Gasteiger partial charge in [0.1, 0.15) is 12.4 Å². The van der Waals surface area contributed by atoms with Crippen LogP contribution in [0.4, 0.5) is 13.2 Å². The number of nitriles is 1. The Kier molecular flexibility index (Phi) is 5.68. The van der Waals surface area contributed by atoms with E-state index in [4.69, 9.17) is 5.26 Å². The molecule has 3 aromatic rings. The van der Waals surface area contributed by atoms with Crippen molar-refractivity contribution in [1.29, 1.82) is 5.26 Å². The molecule has 0 bridgehead atoms. The smallest absolute Gasteiger partial charge is 0.342 e. The van der Waals surface area contributed by atoms with Gasteiger partial charge in [0.25, 0.3) is 5.91 Å². The van der Waals surface area contributed by atoms with E-state index in [0.29, 0.717) is 24.2 Å². The fourth-order valence-electron chi connectivity index (χ4n) is 3.29. The second-order valence-corrected chi connectivity index (χ2v) is 7.68. The zero-order valence-corrected chi connectivity index (χ0v) is 17.3. The number of pyridine rings is 1. The van der Waals surface area contributed by atoms with Crippen LogP contribution < -0.4 is 5.32 Å². The molecule has 2 aromatic heterocycles. The summed E-state index contributed by atoms with van der Waals surface area (Å²) in [6, 6.07) is 6.98. The number of carbonyl (C=O) groups is 2. The molecule has 1 unspecified atom stereocenters. The van der Waals surface area contributed by atoms with Crippen LogP contribution >= 0.6 is 0 Å². The summed E-state index contributed by atoms with van der Waals surface area (Å²) in [4.78, 5) is 33.4. The Morgan fingerprint density at radius 2 is 1.91 bits per heavy atom. The molecule has 8 nitrogen and oxygen atoms in total. The number of nitrogens with zero attached hydrogens (tertiary/aromatic N) is 5. The van der Waals surface area contributed by atoms with Gasteiger partial charge < -0.3 is 5.32 Å². The van der Waals surface area contributed by atoms with Crippen molar-refractivity contribution >= 4 is 11.7 Å². The Balaban J connectivity index is 1.60. The minimum Gasteiger partial charge on any atom is -0.342 e. The highest BCUT2D eigenvalue weighted by Gasteiger charge is 2.35. The summed E-state index contributed by atoms with van der Waals surface area (Å²) in [5.74, 6) is -0.849. The topological polar surface area (TPSA) is 114 Å². The van der Waals surface area contributed by atoms with Crippen molar-refractivity contribution < 1.29 is 22.8 Å². The maximum absolute atomic E-state index is 13.4. The first kappa shape index (κ1) is 22.1. The zero-order valence-electron chi connectivity index (χ0n) is 17.3. The molecule has 1 N–H and O–H groups in total. The number of alkyl halides is 3. The van der Waals surface area contributed by atoms with E-state index in [9.17, 15) is 22.8 Å². The standard InChI is InChI=1S/C22H17F3N6O2/c1-12(20-28-11-29-31(20)18-5-2-13(9-26)10-27-18)30-21(33)16-6-15(19(32)14-3-4-14)7-17(8-16)22(23,24)25/h2,5-8,10-12,14H,3-4H2,1H3,(H,30,33). The highest BCUT2D eigenvalue weighted by atomic mass is 19.4. The van der Waals surface area contributed by atoms with E-state index in [-0.39, 0.29) is 22.9 Å². The molecule has 0 saturated heterocycles. The van der Waals surface area contributed by atoms with Crippen LogP contribution in [0.25, 0.3) is 5.82 Å². The molecular formula is C22H17F3N6O2. The second-order valence-electron chi connectivity index (χ2n) is 7.68. The van der Waals surface area contributed by atoms with Gasteiger partial charge in [0.2, 0.25) is 0 Å². The number of rotatable bonds is 6. The van der Waals surface area contributed by atoms with Gasteiger partial charge in [-0.3, -0.25) is 9.59 Å². The Morgan fingerprint density at radius 3 is 2.52 bits per heavy atom. The number of amides is 1. The minimum absolute atomic E-state index is 0.130. The number of Topliss-reactive ketones (excluding diaryl/α,β-unsaturated/α-hetero) is 1. The van der Waals surface area contributed by atoms with Crippen LogP contribution in [0.2, 0.25) is 0 Å². The zero-order chi connectivity index (χ0) is 23.8. The van der Waals surface area contributed by atoms with Gasteiger partial charge >= 0.3 is 6.18 Å². The van der Waals surface area contributed by atoms with Gasteiger partial charge in [0.15, 0.2) is 17.4 Å². The molecule has 0 radical (unpaired) electrons. The lowest BCUT2D eigenvalue weighted by Gasteiger charge is -2.16. The molecule has 33 heavy (non-hydrogen) atoms. The highest BCUT2D eigenvalue weighted by Crippen LogP contribution is 2.35. The summed E-state index contributed by atoms with van der Waals surface area (Å²) in [6.45, 7) is 1.59. The van der Waals surface area contributed by atoms with Crippen molar-refractivity contribution in [2.75, 3.05) is 0 Å². The minimum atomic E-state index is -4.71. The summed E-state index contributed by atoms with van der Waals surface area (Å²) >= 11 is 0. The molecule has 1 aromatic carbocycles. The van der Waals surface area contributed by atoms with Crippen molar-refractivity contribution in [1.82, 2.24) is 25.1 Å². The molecule has 0 spiro atoms. The van der Waals surface area contributed by atoms with Crippen LogP contribution in [-0.2, 0) is 6.18 Å². The van der Waals surface area contributed by atoms with E-state index in [0.717, 1.165) is 12.1 Å². The number of hydrogen-bond acceptors (Lipinski definition) is 6. The predicted octanol–water partition coefficient (Wildman–Crippen LogP) is 3.64. The highest BCUT2D eigenvalue weighted by molar-refractivity contribution is 6.03. The average molecular weight is 454 g/mol. The number of nitrogens with one attached hydrogen (secondary N) is 1. The summed E-state index contributed by atoms with van der Waals surface area (Å²) < 4.78 is 41.5. The monoisotopic (exact) mass is 454 g/mol. The van der Waals surface area contributed by atoms with E-state index < -0.39 is 29.5 Å². The van der Waals surface area contributed by atoms with Crippen LogP contribution in [-0.4, -0.2) is 31.4 Å². The van der Waals surface area contributed by atoms with Gasteiger partial charge in [0.05, 0.1) is 17.2 Å². The largest absolute Gasteiger partial charge is 0.416 e. The van der Waals surface area contributed by atoms with Crippen molar-refractivity contribution in [3.8, 4) is 11.9 Å². The van der Waals surface area contributed by atoms with Gasteiger partial charge in [-0.1, -0.05) is 0 Å². The number of halogens is 3. The molecular weight excluding hydrogens is 437 g/mol. The van der Waals surface area contributed by atoms with Gasteiger partial charge in [0, 0.05) is 23.2 Å². The van der Waals surface area contributed by atoms with Crippen LogP contribution in [0.5, 0.6) is 0 Å².